The molecule has 2 aliphatic heterocycles. The second kappa shape index (κ2) is 13.1. The summed E-state index contributed by atoms with van der Waals surface area (Å²) in [5.41, 5.74) is 3.05. The molecule has 9 heteroatoms. The van der Waals surface area contributed by atoms with E-state index in [2.05, 4.69) is 9.88 Å². The Kier molecular flexibility index (Phi) is 9.03. The van der Waals surface area contributed by atoms with E-state index in [1.165, 1.54) is 12.5 Å². The summed E-state index contributed by atoms with van der Waals surface area (Å²) in [7, 11) is 1.61. The Hall–Kier alpha value is -3.72. The molecule has 3 aromatic carbocycles. The van der Waals surface area contributed by atoms with Crippen molar-refractivity contribution in [2.45, 2.75) is 32.6 Å². The molecule has 0 radical (unpaired) electrons. The molecule has 2 saturated heterocycles. The van der Waals surface area contributed by atoms with E-state index in [9.17, 15) is 9.18 Å². The summed E-state index contributed by atoms with van der Waals surface area (Å²) < 4.78 is 37.6. The Morgan fingerprint density at radius 1 is 1.05 bits per heavy atom. The largest absolute Gasteiger partial charge is 0.493 e. The number of methoxy groups -OCH3 is 1. The van der Waals surface area contributed by atoms with Gasteiger partial charge in [-0.3, -0.25) is 9.78 Å². The summed E-state index contributed by atoms with van der Waals surface area (Å²) in [6, 6.07) is 15.5. The van der Waals surface area contributed by atoms with Gasteiger partial charge in [-0.15, -0.1) is 0 Å². The summed E-state index contributed by atoms with van der Waals surface area (Å²) in [5, 5.41) is 1.16. The van der Waals surface area contributed by atoms with Crippen molar-refractivity contribution in [1.82, 2.24) is 9.88 Å². The van der Waals surface area contributed by atoms with Crippen molar-refractivity contribution < 1.29 is 28.1 Å². The molecule has 44 heavy (non-hydrogen) atoms. The molecule has 0 saturated carbocycles. The van der Waals surface area contributed by atoms with E-state index < -0.39 is 0 Å². The highest BCUT2D eigenvalue weighted by atomic mass is 35.5. The molecular weight excluding hydrogens is 583 g/mol. The molecule has 0 bridgehead atoms. The lowest BCUT2D eigenvalue weighted by atomic mass is 9.85. The first-order chi connectivity index (χ1) is 21.3. The van der Waals surface area contributed by atoms with Gasteiger partial charge in [0.05, 0.1) is 32.4 Å². The minimum absolute atomic E-state index is 0.00748. The van der Waals surface area contributed by atoms with Gasteiger partial charge >= 0.3 is 0 Å². The second-order valence-corrected chi connectivity index (χ2v) is 12.3. The van der Waals surface area contributed by atoms with Gasteiger partial charge in [0.2, 0.25) is 0 Å². The smallest absolute Gasteiger partial charge is 0.163 e. The van der Waals surface area contributed by atoms with E-state index in [0.29, 0.717) is 56.7 Å². The predicted molar refractivity (Wildman–Crippen MR) is 168 cm³/mol. The van der Waals surface area contributed by atoms with Gasteiger partial charge < -0.3 is 23.8 Å². The number of halogens is 2. The van der Waals surface area contributed by atoms with E-state index in [-0.39, 0.29) is 24.4 Å². The lowest BCUT2D eigenvalue weighted by Crippen LogP contribution is -2.44. The molecule has 0 unspecified atom stereocenters. The third kappa shape index (κ3) is 6.83. The van der Waals surface area contributed by atoms with E-state index in [0.717, 1.165) is 50.2 Å². The van der Waals surface area contributed by atoms with Crippen LogP contribution in [0.15, 0.2) is 60.8 Å². The lowest BCUT2D eigenvalue weighted by Gasteiger charge is -2.37. The van der Waals surface area contributed by atoms with Gasteiger partial charge in [0, 0.05) is 54.0 Å². The Morgan fingerprint density at radius 3 is 2.64 bits per heavy atom. The van der Waals surface area contributed by atoms with E-state index in [1.54, 1.807) is 49.7 Å². The molecule has 230 valence electrons. The van der Waals surface area contributed by atoms with Gasteiger partial charge in [0.1, 0.15) is 23.1 Å². The van der Waals surface area contributed by atoms with Crippen molar-refractivity contribution in [3.63, 3.8) is 0 Å². The number of rotatable bonds is 12. The zero-order chi connectivity index (χ0) is 30.7. The normalized spacial score (nSPS) is 15.8. The van der Waals surface area contributed by atoms with Gasteiger partial charge in [0.15, 0.2) is 11.5 Å². The molecule has 0 N–H and O–H groups in total. The number of fused-ring (bicyclic) bond motifs is 1. The first-order valence-corrected chi connectivity index (χ1v) is 15.3. The molecule has 0 atom stereocenters. The van der Waals surface area contributed by atoms with Crippen molar-refractivity contribution in [2.75, 3.05) is 46.6 Å². The Bertz CT molecular complexity index is 1680. The fourth-order valence-electron chi connectivity index (χ4n) is 5.99. The van der Waals surface area contributed by atoms with Crippen LogP contribution in [0, 0.1) is 18.2 Å². The summed E-state index contributed by atoms with van der Waals surface area (Å²) in [6.45, 7) is 7.46. The SMILES string of the molecule is COc1cc2c(Oc3ccc(CC(=O)Cc4cc(C)ccc4F)c(Cl)c3)ccnc2cc1OCCCN1CCC2(COC2)C1. The van der Waals surface area contributed by atoms with Crippen LogP contribution in [0.5, 0.6) is 23.0 Å². The third-order valence-electron chi connectivity index (χ3n) is 8.43. The first kappa shape index (κ1) is 30.3. The van der Waals surface area contributed by atoms with Crippen LogP contribution >= 0.6 is 11.6 Å². The predicted octanol–water partition coefficient (Wildman–Crippen LogP) is 6.98. The van der Waals surface area contributed by atoms with Crippen LogP contribution in [-0.2, 0) is 22.4 Å². The minimum Gasteiger partial charge on any atom is -0.493 e. The number of Topliss-reactive ketones (excluding diaryl/α,β-unsaturated/α-hetero) is 1. The number of ether oxygens (including phenoxy) is 4. The number of ketones is 1. The monoisotopic (exact) mass is 618 g/mol. The molecule has 2 fully saturated rings. The van der Waals surface area contributed by atoms with Crippen LogP contribution < -0.4 is 14.2 Å². The molecule has 0 aliphatic carbocycles. The number of hydrogen-bond donors (Lipinski definition) is 0. The summed E-state index contributed by atoms with van der Waals surface area (Å²) >= 11 is 6.55. The number of carbonyl (C=O) groups excluding carboxylic acids is 1. The second-order valence-electron chi connectivity index (χ2n) is 11.9. The minimum atomic E-state index is -0.381. The van der Waals surface area contributed by atoms with Crippen molar-refractivity contribution in [3.05, 3.63) is 88.3 Å². The quantitative estimate of drug-likeness (QED) is 0.159. The third-order valence-corrected chi connectivity index (χ3v) is 8.78. The maximum Gasteiger partial charge on any atom is 0.163 e. The fraction of sp³-hybridized carbons (Fsp3) is 0.371. The Balaban J connectivity index is 1.09. The number of nitrogens with zero attached hydrogens (tertiary/aromatic N) is 2. The maximum atomic E-state index is 14.1. The van der Waals surface area contributed by atoms with Crippen LogP contribution in [0.3, 0.4) is 0 Å². The van der Waals surface area contributed by atoms with Gasteiger partial charge in [-0.05, 0) is 67.8 Å². The topological polar surface area (TPSA) is 70.1 Å². The zero-order valence-electron chi connectivity index (χ0n) is 25.0. The molecule has 7 nitrogen and oxygen atoms in total. The van der Waals surface area contributed by atoms with Gasteiger partial charge in [-0.1, -0.05) is 35.4 Å². The van der Waals surface area contributed by atoms with E-state index in [4.69, 9.17) is 30.5 Å². The van der Waals surface area contributed by atoms with Crippen molar-refractivity contribution in [2.24, 2.45) is 5.41 Å². The number of hydrogen-bond acceptors (Lipinski definition) is 7. The van der Waals surface area contributed by atoms with Crippen LogP contribution in [0.4, 0.5) is 4.39 Å². The molecule has 3 heterocycles. The molecule has 2 aliphatic rings. The average molecular weight is 619 g/mol. The van der Waals surface area contributed by atoms with Gasteiger partial charge in [0.25, 0.3) is 0 Å². The molecule has 0 amide bonds. The summed E-state index contributed by atoms with van der Waals surface area (Å²) in [5.74, 6) is 1.83. The Labute approximate surface area is 261 Å². The van der Waals surface area contributed by atoms with Crippen molar-refractivity contribution >= 4 is 28.3 Å². The van der Waals surface area contributed by atoms with Crippen molar-refractivity contribution in [1.29, 1.82) is 0 Å². The molecule has 1 spiro atoms. The number of likely N-dealkylation sites (tertiary alicyclic amines) is 1. The van der Waals surface area contributed by atoms with Gasteiger partial charge in [-0.2, -0.15) is 0 Å². The number of aryl methyl sites for hydroxylation is 1. The molecule has 6 rings (SSSR count). The number of pyridine rings is 1. The highest BCUT2D eigenvalue weighted by Crippen LogP contribution is 2.39. The lowest BCUT2D eigenvalue weighted by molar-refractivity contribution is -0.117. The summed E-state index contributed by atoms with van der Waals surface area (Å²) in [6.07, 6.45) is 3.92. The maximum absolute atomic E-state index is 14.1. The molecular formula is C35H36ClFN2O5. The number of benzene rings is 3. The Morgan fingerprint density at radius 2 is 1.89 bits per heavy atom. The van der Waals surface area contributed by atoms with Crippen molar-refractivity contribution in [3.8, 4) is 23.0 Å². The number of carbonyl (C=O) groups is 1. The van der Waals surface area contributed by atoms with Crippen LogP contribution in [0.2, 0.25) is 5.02 Å². The number of aromatic nitrogens is 1. The first-order valence-electron chi connectivity index (χ1n) is 14.9. The van der Waals surface area contributed by atoms with Crippen LogP contribution in [0.1, 0.15) is 29.5 Å². The highest BCUT2D eigenvalue weighted by molar-refractivity contribution is 6.31. The molecule has 4 aromatic rings. The van der Waals surface area contributed by atoms with E-state index >= 15 is 0 Å². The zero-order valence-corrected chi connectivity index (χ0v) is 25.8. The van der Waals surface area contributed by atoms with Crippen LogP contribution in [-0.4, -0.2) is 62.2 Å². The molecule has 1 aromatic heterocycles. The fourth-order valence-corrected chi connectivity index (χ4v) is 6.23. The average Bonchev–Trinajstić information content (AvgIpc) is 3.44. The highest BCUT2D eigenvalue weighted by Gasteiger charge is 2.43. The van der Waals surface area contributed by atoms with Gasteiger partial charge in [-0.25, -0.2) is 4.39 Å². The van der Waals surface area contributed by atoms with Crippen LogP contribution in [0.25, 0.3) is 10.9 Å². The van der Waals surface area contributed by atoms with E-state index in [1.807, 2.05) is 19.1 Å². The standard InChI is InChI=1S/C35H36ClFN2O5/c1-23-4-7-30(37)25(14-23)16-26(40)15-24-5-6-27(17-29(24)36)44-32-8-10-38-31-19-34(33(41-2)18-28(31)32)43-13-3-11-39-12-9-35(20-39)21-42-22-35/h4-8,10,14,17-19H,3,9,11-13,15-16,20-22H2,1-2H3. The summed E-state index contributed by atoms with van der Waals surface area (Å²) in [4.78, 5) is 19.7.